The smallest absolute Gasteiger partial charge is 0.335 e. The van der Waals surface area contributed by atoms with Crippen LogP contribution in [-0.2, 0) is 13.5 Å². The van der Waals surface area contributed by atoms with E-state index in [4.69, 9.17) is 9.84 Å². The number of nitro benzene ring substituents is 1. The summed E-state index contributed by atoms with van der Waals surface area (Å²) in [5.74, 6) is -1.17. The molecule has 1 heterocycles. The zero-order valence-corrected chi connectivity index (χ0v) is 11.2. The molecule has 0 radical (unpaired) electrons. The van der Waals surface area contributed by atoms with Crippen molar-refractivity contribution in [3.8, 4) is 5.75 Å². The van der Waals surface area contributed by atoms with Crippen LogP contribution < -0.4 is 4.74 Å². The van der Waals surface area contributed by atoms with E-state index >= 15 is 0 Å². The highest BCUT2D eigenvalue weighted by molar-refractivity contribution is 5.88. The van der Waals surface area contributed by atoms with Gasteiger partial charge in [-0.3, -0.25) is 14.8 Å². The van der Waals surface area contributed by atoms with Gasteiger partial charge in [-0.25, -0.2) is 4.79 Å². The Balaban J connectivity index is 2.08. The second kappa shape index (κ2) is 6.04. The van der Waals surface area contributed by atoms with Gasteiger partial charge in [0.15, 0.2) is 5.75 Å². The number of ether oxygens (including phenoxy) is 1. The van der Waals surface area contributed by atoms with Gasteiger partial charge in [-0.2, -0.15) is 5.10 Å². The number of rotatable bonds is 6. The van der Waals surface area contributed by atoms with Crippen molar-refractivity contribution in [2.45, 2.75) is 6.42 Å². The lowest BCUT2D eigenvalue weighted by Crippen LogP contribution is -2.05. The zero-order chi connectivity index (χ0) is 15.4. The Morgan fingerprint density at radius 2 is 2.29 bits per heavy atom. The second-order valence-corrected chi connectivity index (χ2v) is 4.37. The summed E-state index contributed by atoms with van der Waals surface area (Å²) < 4.78 is 7.03. The fraction of sp³-hybridized carbons (Fsp3) is 0.231. The van der Waals surface area contributed by atoms with Gasteiger partial charge in [0.1, 0.15) is 0 Å². The highest BCUT2D eigenvalue weighted by Crippen LogP contribution is 2.28. The molecule has 0 aliphatic carbocycles. The summed E-state index contributed by atoms with van der Waals surface area (Å²) in [4.78, 5) is 21.1. The Morgan fingerprint density at radius 1 is 1.52 bits per heavy atom. The topological polar surface area (TPSA) is 107 Å². The van der Waals surface area contributed by atoms with Crippen molar-refractivity contribution >= 4 is 11.7 Å². The van der Waals surface area contributed by atoms with Crippen molar-refractivity contribution < 1.29 is 19.6 Å². The first-order chi connectivity index (χ1) is 9.97. The number of hydrogen-bond donors (Lipinski definition) is 1. The number of carboxylic acid groups (broad SMARTS) is 1. The van der Waals surface area contributed by atoms with E-state index in [1.165, 1.54) is 12.1 Å². The Bertz CT molecular complexity index is 680. The van der Waals surface area contributed by atoms with Crippen LogP contribution in [0.2, 0.25) is 0 Å². The third-order valence-electron chi connectivity index (χ3n) is 2.81. The number of nitro groups is 1. The molecule has 0 amide bonds. The van der Waals surface area contributed by atoms with Gasteiger partial charge in [0.2, 0.25) is 0 Å². The third-order valence-corrected chi connectivity index (χ3v) is 2.81. The summed E-state index contributed by atoms with van der Waals surface area (Å²) in [5, 5.41) is 23.8. The van der Waals surface area contributed by atoms with Crippen LogP contribution >= 0.6 is 0 Å². The van der Waals surface area contributed by atoms with E-state index in [1.54, 1.807) is 17.9 Å². The average molecular weight is 291 g/mol. The van der Waals surface area contributed by atoms with Crippen LogP contribution in [0, 0.1) is 10.1 Å². The lowest BCUT2D eigenvalue weighted by molar-refractivity contribution is -0.385. The van der Waals surface area contributed by atoms with Gasteiger partial charge in [0.25, 0.3) is 0 Å². The van der Waals surface area contributed by atoms with Gasteiger partial charge in [-0.1, -0.05) is 0 Å². The first-order valence-electron chi connectivity index (χ1n) is 6.09. The van der Waals surface area contributed by atoms with E-state index in [1.807, 2.05) is 6.20 Å². The SMILES string of the molecule is Cn1cc(CCOc2ccc(C(=O)O)cc2[N+](=O)[O-])cn1. The zero-order valence-electron chi connectivity index (χ0n) is 11.2. The van der Waals surface area contributed by atoms with Crippen LogP contribution in [-0.4, -0.2) is 32.4 Å². The molecule has 0 aliphatic heterocycles. The molecule has 0 fully saturated rings. The van der Waals surface area contributed by atoms with E-state index in [-0.39, 0.29) is 23.6 Å². The molecule has 2 aromatic rings. The molecular formula is C13H13N3O5. The second-order valence-electron chi connectivity index (χ2n) is 4.37. The van der Waals surface area contributed by atoms with Crippen LogP contribution in [0.5, 0.6) is 5.75 Å². The Morgan fingerprint density at radius 3 is 2.86 bits per heavy atom. The molecule has 8 nitrogen and oxygen atoms in total. The molecule has 0 spiro atoms. The molecule has 21 heavy (non-hydrogen) atoms. The van der Waals surface area contributed by atoms with Crippen molar-refractivity contribution in [3.05, 3.63) is 51.8 Å². The minimum Gasteiger partial charge on any atom is -0.486 e. The predicted octanol–water partition coefficient (Wildman–Crippen LogP) is 1.65. The molecule has 2 rings (SSSR count). The van der Waals surface area contributed by atoms with Crippen molar-refractivity contribution in [3.63, 3.8) is 0 Å². The molecule has 8 heteroatoms. The van der Waals surface area contributed by atoms with Gasteiger partial charge in [-0.15, -0.1) is 0 Å². The predicted molar refractivity (Wildman–Crippen MR) is 72.5 cm³/mol. The van der Waals surface area contributed by atoms with E-state index in [2.05, 4.69) is 5.10 Å². The number of carbonyl (C=O) groups is 1. The van der Waals surface area contributed by atoms with Gasteiger partial charge >= 0.3 is 11.7 Å². The highest BCUT2D eigenvalue weighted by Gasteiger charge is 2.18. The maximum absolute atomic E-state index is 11.0. The van der Waals surface area contributed by atoms with Gasteiger partial charge in [-0.05, 0) is 17.7 Å². The number of aryl methyl sites for hydroxylation is 1. The summed E-state index contributed by atoms with van der Waals surface area (Å²) in [6.07, 6.45) is 4.06. The summed E-state index contributed by atoms with van der Waals surface area (Å²) in [6, 6.07) is 3.56. The number of aromatic carboxylic acids is 1. The van der Waals surface area contributed by atoms with E-state index in [0.717, 1.165) is 11.6 Å². The summed E-state index contributed by atoms with van der Waals surface area (Å²) in [6.45, 7) is 0.235. The summed E-state index contributed by atoms with van der Waals surface area (Å²) in [5.41, 5.74) is 0.435. The quantitative estimate of drug-likeness (QED) is 0.640. The average Bonchev–Trinajstić information content (AvgIpc) is 2.84. The molecule has 1 aromatic heterocycles. The van der Waals surface area contributed by atoms with Crippen LogP contribution in [0.1, 0.15) is 15.9 Å². The number of hydrogen-bond acceptors (Lipinski definition) is 5. The molecule has 0 aliphatic rings. The number of benzene rings is 1. The number of nitrogens with zero attached hydrogens (tertiary/aromatic N) is 3. The molecule has 0 saturated carbocycles. The fourth-order valence-electron chi connectivity index (χ4n) is 1.79. The Kier molecular flexibility index (Phi) is 4.17. The van der Waals surface area contributed by atoms with Crippen LogP contribution in [0.15, 0.2) is 30.6 Å². The highest BCUT2D eigenvalue weighted by atomic mass is 16.6. The largest absolute Gasteiger partial charge is 0.486 e. The van der Waals surface area contributed by atoms with Crippen LogP contribution in [0.4, 0.5) is 5.69 Å². The van der Waals surface area contributed by atoms with Crippen molar-refractivity contribution in [1.82, 2.24) is 9.78 Å². The number of carboxylic acids is 1. The van der Waals surface area contributed by atoms with Crippen molar-refractivity contribution in [2.24, 2.45) is 7.05 Å². The standard InChI is InChI=1S/C13H13N3O5/c1-15-8-9(7-14-15)4-5-21-12-3-2-10(13(17)18)6-11(12)16(19)20/h2-3,6-8H,4-5H2,1H3,(H,17,18). The first kappa shape index (κ1) is 14.5. The van der Waals surface area contributed by atoms with E-state index in [9.17, 15) is 14.9 Å². The van der Waals surface area contributed by atoms with Gasteiger partial charge in [0.05, 0.1) is 23.3 Å². The number of aromatic nitrogens is 2. The van der Waals surface area contributed by atoms with E-state index < -0.39 is 10.9 Å². The molecule has 110 valence electrons. The Labute approximate surface area is 119 Å². The maximum atomic E-state index is 11.0. The third kappa shape index (κ3) is 3.56. The fourth-order valence-corrected chi connectivity index (χ4v) is 1.79. The molecule has 0 unspecified atom stereocenters. The normalized spacial score (nSPS) is 10.3. The van der Waals surface area contributed by atoms with Crippen LogP contribution in [0.3, 0.4) is 0 Å². The van der Waals surface area contributed by atoms with Crippen molar-refractivity contribution in [2.75, 3.05) is 6.61 Å². The minimum absolute atomic E-state index is 0.0499. The molecular weight excluding hydrogens is 278 g/mol. The molecule has 0 saturated heterocycles. The summed E-state index contributed by atoms with van der Waals surface area (Å²) in [7, 11) is 1.79. The lowest BCUT2D eigenvalue weighted by Gasteiger charge is -2.06. The van der Waals surface area contributed by atoms with Gasteiger partial charge < -0.3 is 9.84 Å². The molecule has 0 bridgehead atoms. The van der Waals surface area contributed by atoms with E-state index in [0.29, 0.717) is 6.42 Å². The van der Waals surface area contributed by atoms with Crippen LogP contribution in [0.25, 0.3) is 0 Å². The van der Waals surface area contributed by atoms with Gasteiger partial charge in [0, 0.05) is 25.7 Å². The lowest BCUT2D eigenvalue weighted by atomic mass is 10.2. The first-order valence-corrected chi connectivity index (χ1v) is 6.09. The molecule has 0 atom stereocenters. The Hall–Kier alpha value is -2.90. The monoisotopic (exact) mass is 291 g/mol. The summed E-state index contributed by atoms with van der Waals surface area (Å²) >= 11 is 0. The minimum atomic E-state index is -1.22. The molecule has 1 aromatic carbocycles. The maximum Gasteiger partial charge on any atom is 0.335 e. The molecule has 1 N–H and O–H groups in total. The van der Waals surface area contributed by atoms with Crippen molar-refractivity contribution in [1.29, 1.82) is 0 Å².